The summed E-state index contributed by atoms with van der Waals surface area (Å²) in [4.78, 5) is 16.5. The quantitative estimate of drug-likeness (QED) is 0.659. The van der Waals surface area contributed by atoms with Gasteiger partial charge in [0.1, 0.15) is 5.76 Å². The maximum absolute atomic E-state index is 12.3. The molecule has 142 valence electrons. The molecular weight excluding hydrogens is 350 g/mol. The molecule has 8 heteroatoms. The molecule has 0 bridgehead atoms. The van der Waals surface area contributed by atoms with Crippen LogP contribution in [0.15, 0.2) is 28.0 Å². The van der Waals surface area contributed by atoms with Crippen LogP contribution < -0.4 is 4.90 Å². The molecule has 7 nitrogen and oxygen atoms in total. The smallest absolute Gasteiger partial charge is 0.233 e. The Bertz CT molecular complexity index is 691. The first-order valence-electron chi connectivity index (χ1n) is 9.34. The van der Waals surface area contributed by atoms with Crippen molar-refractivity contribution in [2.24, 2.45) is 0 Å². The minimum Gasteiger partial charge on any atom is -0.467 e. The fraction of sp³-hybridized carbons (Fsp3) is 0.611. The lowest BCUT2D eigenvalue weighted by Gasteiger charge is -2.27. The average Bonchev–Trinajstić information content (AvgIpc) is 3.32. The molecule has 0 unspecified atom stereocenters. The summed E-state index contributed by atoms with van der Waals surface area (Å²) in [6.07, 6.45) is 5.30. The van der Waals surface area contributed by atoms with Crippen molar-refractivity contribution in [3.05, 3.63) is 24.2 Å². The Hall–Kier alpha value is -1.96. The summed E-state index contributed by atoms with van der Waals surface area (Å²) in [5.74, 6) is 2.24. The molecule has 1 fully saturated rings. The lowest BCUT2D eigenvalue weighted by atomic mass is 10.1. The Morgan fingerprint density at radius 1 is 1.23 bits per heavy atom. The van der Waals surface area contributed by atoms with Crippen LogP contribution in [0.25, 0.3) is 0 Å². The van der Waals surface area contributed by atoms with Crippen LogP contribution in [0.1, 0.15) is 38.9 Å². The van der Waals surface area contributed by atoms with Crippen LogP contribution in [0.2, 0.25) is 0 Å². The lowest BCUT2D eigenvalue weighted by Crippen LogP contribution is -2.32. The summed E-state index contributed by atoms with van der Waals surface area (Å²) in [5.41, 5.74) is 0. The van der Waals surface area contributed by atoms with Crippen LogP contribution in [-0.4, -0.2) is 57.5 Å². The molecule has 0 radical (unpaired) electrons. The Kier molecular flexibility index (Phi) is 6.60. The largest absolute Gasteiger partial charge is 0.467 e. The third kappa shape index (κ3) is 4.41. The van der Waals surface area contributed by atoms with E-state index in [1.165, 1.54) is 31.0 Å². The molecule has 2 aromatic rings. The number of hydrogen-bond donors (Lipinski definition) is 0. The molecular formula is C18H27N5O2S. The van der Waals surface area contributed by atoms with Crippen molar-refractivity contribution in [2.45, 2.75) is 44.8 Å². The molecule has 0 spiro atoms. The first-order valence-corrected chi connectivity index (χ1v) is 10.3. The van der Waals surface area contributed by atoms with E-state index in [0.29, 0.717) is 12.3 Å². The minimum absolute atomic E-state index is 0.132. The van der Waals surface area contributed by atoms with Crippen LogP contribution in [-0.2, 0) is 11.3 Å². The van der Waals surface area contributed by atoms with Crippen LogP contribution in [0.5, 0.6) is 0 Å². The highest BCUT2D eigenvalue weighted by atomic mass is 32.2. The number of carbonyl (C=O) groups is 1. The van der Waals surface area contributed by atoms with E-state index >= 15 is 0 Å². The first-order chi connectivity index (χ1) is 12.7. The van der Waals surface area contributed by atoms with E-state index in [1.807, 2.05) is 30.9 Å². The van der Waals surface area contributed by atoms with Gasteiger partial charge in [-0.05, 0) is 45.2 Å². The molecule has 0 saturated carbocycles. The Morgan fingerprint density at radius 2 is 2.00 bits per heavy atom. The van der Waals surface area contributed by atoms with Crippen molar-refractivity contribution in [3.63, 3.8) is 0 Å². The zero-order chi connectivity index (χ0) is 18.4. The van der Waals surface area contributed by atoms with E-state index in [0.717, 1.165) is 43.0 Å². The molecule has 26 heavy (non-hydrogen) atoms. The maximum atomic E-state index is 12.3. The van der Waals surface area contributed by atoms with Crippen molar-refractivity contribution in [2.75, 3.05) is 36.8 Å². The first kappa shape index (κ1) is 18.8. The summed E-state index contributed by atoms with van der Waals surface area (Å²) >= 11 is 1.45. The predicted octanol–water partition coefficient (Wildman–Crippen LogP) is 2.87. The SMILES string of the molecule is CCN(CC)C(=O)CSc1nnc(N2CCCCC2)n1Cc1ccco1. The zero-order valence-corrected chi connectivity index (χ0v) is 16.4. The molecule has 3 heterocycles. The number of furan rings is 1. The topological polar surface area (TPSA) is 67.4 Å². The Balaban J connectivity index is 1.77. The number of anilines is 1. The third-order valence-electron chi connectivity index (χ3n) is 4.67. The number of aromatic nitrogens is 3. The third-order valence-corrected chi connectivity index (χ3v) is 5.62. The standard InChI is InChI=1S/C18H27N5O2S/c1-3-21(4-2)16(24)14-26-18-20-19-17(22-10-6-5-7-11-22)23(18)13-15-9-8-12-25-15/h8-9,12H,3-7,10-11,13-14H2,1-2H3. The molecule has 0 atom stereocenters. The molecule has 1 aliphatic rings. The van der Waals surface area contributed by atoms with Crippen LogP contribution in [0.3, 0.4) is 0 Å². The second-order valence-corrected chi connectivity index (χ2v) is 7.29. The highest BCUT2D eigenvalue weighted by Crippen LogP contribution is 2.26. The van der Waals surface area contributed by atoms with E-state index in [-0.39, 0.29) is 5.91 Å². The lowest BCUT2D eigenvalue weighted by molar-refractivity contribution is -0.127. The van der Waals surface area contributed by atoms with Gasteiger partial charge in [-0.15, -0.1) is 10.2 Å². The zero-order valence-electron chi connectivity index (χ0n) is 15.6. The summed E-state index contributed by atoms with van der Waals surface area (Å²) in [6.45, 7) is 8.04. The van der Waals surface area contributed by atoms with Gasteiger partial charge in [0.2, 0.25) is 11.9 Å². The fourth-order valence-electron chi connectivity index (χ4n) is 3.21. The van der Waals surface area contributed by atoms with Crippen LogP contribution in [0.4, 0.5) is 5.95 Å². The summed E-state index contributed by atoms with van der Waals surface area (Å²) in [6, 6.07) is 3.84. The van der Waals surface area contributed by atoms with Crippen molar-refractivity contribution in [1.29, 1.82) is 0 Å². The highest BCUT2D eigenvalue weighted by molar-refractivity contribution is 7.99. The second kappa shape index (κ2) is 9.12. The Labute approximate surface area is 158 Å². The van der Waals surface area contributed by atoms with Gasteiger partial charge in [0.05, 0.1) is 18.6 Å². The van der Waals surface area contributed by atoms with Gasteiger partial charge in [0, 0.05) is 26.2 Å². The number of hydrogen-bond acceptors (Lipinski definition) is 6. The van der Waals surface area contributed by atoms with Gasteiger partial charge in [-0.3, -0.25) is 9.36 Å². The molecule has 1 saturated heterocycles. The molecule has 1 aliphatic heterocycles. The summed E-state index contributed by atoms with van der Waals surface area (Å²) in [7, 11) is 0. The number of amides is 1. The minimum atomic E-state index is 0.132. The summed E-state index contributed by atoms with van der Waals surface area (Å²) < 4.78 is 7.60. The Morgan fingerprint density at radius 3 is 2.65 bits per heavy atom. The van der Waals surface area contributed by atoms with Gasteiger partial charge in [-0.1, -0.05) is 11.8 Å². The van der Waals surface area contributed by atoms with E-state index in [2.05, 4.69) is 19.7 Å². The monoisotopic (exact) mass is 377 g/mol. The average molecular weight is 378 g/mol. The maximum Gasteiger partial charge on any atom is 0.233 e. The van der Waals surface area contributed by atoms with Crippen molar-refractivity contribution in [1.82, 2.24) is 19.7 Å². The summed E-state index contributed by atoms with van der Waals surface area (Å²) in [5, 5.41) is 9.58. The second-order valence-electron chi connectivity index (χ2n) is 6.35. The van der Waals surface area contributed by atoms with Gasteiger partial charge in [-0.2, -0.15) is 0 Å². The van der Waals surface area contributed by atoms with Crippen LogP contribution >= 0.6 is 11.8 Å². The molecule has 1 amide bonds. The normalized spacial score (nSPS) is 14.6. The number of piperidine rings is 1. The fourth-order valence-corrected chi connectivity index (χ4v) is 4.04. The van der Waals surface area contributed by atoms with Crippen molar-refractivity contribution >= 4 is 23.6 Å². The number of thioether (sulfide) groups is 1. The predicted molar refractivity (Wildman–Crippen MR) is 103 cm³/mol. The molecule has 2 aromatic heterocycles. The highest BCUT2D eigenvalue weighted by Gasteiger charge is 2.22. The van der Waals surface area contributed by atoms with E-state index in [1.54, 1.807) is 6.26 Å². The van der Waals surface area contributed by atoms with Gasteiger partial charge < -0.3 is 14.2 Å². The number of carbonyl (C=O) groups excluding carboxylic acids is 1. The van der Waals surface area contributed by atoms with Gasteiger partial charge in [-0.25, -0.2) is 0 Å². The molecule has 0 N–H and O–H groups in total. The van der Waals surface area contributed by atoms with Gasteiger partial charge in [0.25, 0.3) is 0 Å². The van der Waals surface area contributed by atoms with Crippen molar-refractivity contribution < 1.29 is 9.21 Å². The number of rotatable bonds is 8. The van der Waals surface area contributed by atoms with E-state index < -0.39 is 0 Å². The molecule has 0 aliphatic carbocycles. The van der Waals surface area contributed by atoms with Gasteiger partial charge in [0.15, 0.2) is 5.16 Å². The van der Waals surface area contributed by atoms with E-state index in [4.69, 9.17) is 4.42 Å². The van der Waals surface area contributed by atoms with Gasteiger partial charge >= 0.3 is 0 Å². The molecule has 3 rings (SSSR count). The van der Waals surface area contributed by atoms with Crippen molar-refractivity contribution in [3.8, 4) is 0 Å². The number of nitrogens with zero attached hydrogens (tertiary/aromatic N) is 5. The van der Waals surface area contributed by atoms with Crippen LogP contribution in [0, 0.1) is 0 Å². The van der Waals surface area contributed by atoms with E-state index in [9.17, 15) is 4.79 Å². The molecule has 0 aromatic carbocycles.